The van der Waals surface area contributed by atoms with Gasteiger partial charge in [0.2, 0.25) is 5.75 Å². The van der Waals surface area contributed by atoms with E-state index in [2.05, 4.69) is 0 Å². The fourth-order valence-electron chi connectivity index (χ4n) is 3.35. The fourth-order valence-corrected chi connectivity index (χ4v) is 5.65. The molecule has 0 radical (unpaired) electrons. The first kappa shape index (κ1) is 26.1. The van der Waals surface area contributed by atoms with Crippen LogP contribution in [-0.4, -0.2) is 31.6 Å². The molecule has 1 aliphatic rings. The van der Waals surface area contributed by atoms with Gasteiger partial charge in [0.25, 0.3) is 11.1 Å². The van der Waals surface area contributed by atoms with Gasteiger partial charge >= 0.3 is 10.1 Å². The maximum Gasteiger partial charge on any atom is 0.339 e. The van der Waals surface area contributed by atoms with E-state index in [-0.39, 0.29) is 32.9 Å². The number of methoxy groups -OCH3 is 1. The van der Waals surface area contributed by atoms with Gasteiger partial charge in [-0.3, -0.25) is 14.5 Å². The van der Waals surface area contributed by atoms with Gasteiger partial charge in [-0.05, 0) is 66.2 Å². The van der Waals surface area contributed by atoms with Crippen molar-refractivity contribution in [1.82, 2.24) is 4.90 Å². The second kappa shape index (κ2) is 10.6. The lowest BCUT2D eigenvalue weighted by molar-refractivity contribution is -0.123. The van der Waals surface area contributed by atoms with E-state index in [1.165, 1.54) is 37.5 Å². The average molecular weight is 564 g/mol. The summed E-state index contributed by atoms with van der Waals surface area (Å²) in [7, 11) is -2.85. The smallest absolute Gasteiger partial charge is 0.339 e. The number of rotatable bonds is 7. The molecule has 186 valence electrons. The third-order valence-corrected chi connectivity index (χ3v) is 8.00. The predicted molar refractivity (Wildman–Crippen MR) is 140 cm³/mol. The summed E-state index contributed by atoms with van der Waals surface area (Å²) < 4.78 is 36.1. The molecular formula is C25H19Cl2NO6S2. The van der Waals surface area contributed by atoms with Crippen molar-refractivity contribution in [1.29, 1.82) is 0 Å². The van der Waals surface area contributed by atoms with E-state index in [0.29, 0.717) is 16.1 Å². The summed E-state index contributed by atoms with van der Waals surface area (Å²) in [6.45, 7) is 1.87. The highest BCUT2D eigenvalue weighted by atomic mass is 35.5. The summed E-state index contributed by atoms with van der Waals surface area (Å²) in [4.78, 5) is 26.7. The maximum absolute atomic E-state index is 12.9. The van der Waals surface area contributed by atoms with E-state index >= 15 is 0 Å². The van der Waals surface area contributed by atoms with Gasteiger partial charge in [-0.1, -0.05) is 59.1 Å². The lowest BCUT2D eigenvalue weighted by Crippen LogP contribution is -2.27. The first-order chi connectivity index (χ1) is 17.1. The summed E-state index contributed by atoms with van der Waals surface area (Å²) in [5, 5.41) is -0.0341. The molecule has 0 spiro atoms. The van der Waals surface area contributed by atoms with Crippen LogP contribution in [0.1, 0.15) is 16.7 Å². The highest BCUT2D eigenvalue weighted by Crippen LogP contribution is 2.40. The number of amides is 2. The van der Waals surface area contributed by atoms with E-state index in [1.54, 1.807) is 36.4 Å². The van der Waals surface area contributed by atoms with E-state index in [4.69, 9.17) is 32.1 Å². The molecule has 1 heterocycles. The number of thioether (sulfide) groups is 1. The number of halogens is 2. The number of carbonyl (C=O) groups is 2. The maximum atomic E-state index is 12.9. The highest BCUT2D eigenvalue weighted by Gasteiger charge is 2.35. The van der Waals surface area contributed by atoms with Crippen LogP contribution in [0.15, 0.2) is 70.5 Å². The number of ether oxygens (including phenoxy) is 1. The van der Waals surface area contributed by atoms with Gasteiger partial charge in [-0.2, -0.15) is 8.42 Å². The quantitative estimate of drug-likeness (QED) is 0.245. The molecule has 4 rings (SSSR count). The van der Waals surface area contributed by atoms with Crippen LogP contribution in [-0.2, 0) is 21.5 Å². The molecule has 0 aromatic heterocycles. The molecule has 0 bridgehead atoms. The summed E-state index contributed by atoms with van der Waals surface area (Å²) in [6.07, 6.45) is 1.48. The lowest BCUT2D eigenvalue weighted by Gasteiger charge is -2.14. The van der Waals surface area contributed by atoms with Crippen LogP contribution in [0.5, 0.6) is 11.5 Å². The summed E-state index contributed by atoms with van der Waals surface area (Å²) in [6, 6.07) is 16.0. The van der Waals surface area contributed by atoms with Crippen molar-refractivity contribution < 1.29 is 26.9 Å². The number of hydrogen-bond acceptors (Lipinski definition) is 7. The topological polar surface area (TPSA) is 90.0 Å². The Morgan fingerprint density at radius 3 is 2.36 bits per heavy atom. The second-order valence-corrected chi connectivity index (χ2v) is 11.1. The summed E-state index contributed by atoms with van der Waals surface area (Å²) in [5.74, 6) is -0.634. The predicted octanol–water partition coefficient (Wildman–Crippen LogP) is 6.31. The normalized spacial score (nSPS) is 15.0. The van der Waals surface area contributed by atoms with Crippen molar-refractivity contribution in [2.75, 3.05) is 7.11 Å². The molecule has 0 saturated carbocycles. The molecule has 1 aliphatic heterocycles. The van der Waals surface area contributed by atoms with Crippen LogP contribution < -0.4 is 8.92 Å². The summed E-state index contributed by atoms with van der Waals surface area (Å²) >= 11 is 13.3. The van der Waals surface area contributed by atoms with Crippen molar-refractivity contribution in [3.05, 3.63) is 92.3 Å². The number of imide groups is 1. The zero-order valence-electron chi connectivity index (χ0n) is 19.0. The van der Waals surface area contributed by atoms with E-state index in [0.717, 1.165) is 22.2 Å². The Bertz CT molecular complexity index is 1490. The molecule has 2 amide bonds. The molecule has 1 saturated heterocycles. The third kappa shape index (κ3) is 5.54. The van der Waals surface area contributed by atoms with E-state index < -0.39 is 21.3 Å². The molecule has 7 nitrogen and oxygen atoms in total. The Balaban J connectivity index is 1.60. The second-order valence-electron chi connectivity index (χ2n) is 7.74. The van der Waals surface area contributed by atoms with Crippen LogP contribution >= 0.6 is 35.0 Å². The van der Waals surface area contributed by atoms with Crippen molar-refractivity contribution in [2.24, 2.45) is 0 Å². The van der Waals surface area contributed by atoms with Gasteiger partial charge in [0.15, 0.2) is 5.75 Å². The molecule has 1 fully saturated rings. The number of aryl methyl sites for hydroxylation is 1. The van der Waals surface area contributed by atoms with Gasteiger partial charge in [0, 0.05) is 5.02 Å². The van der Waals surface area contributed by atoms with Crippen molar-refractivity contribution in [2.45, 2.75) is 18.4 Å². The van der Waals surface area contributed by atoms with Crippen molar-refractivity contribution in [3.8, 4) is 11.5 Å². The molecular weight excluding hydrogens is 545 g/mol. The largest absolute Gasteiger partial charge is 0.493 e. The first-order valence-electron chi connectivity index (χ1n) is 10.5. The SMILES string of the molecule is COc1cc(/C=C2\SC(=O)N(Cc3ccccc3Cl)C2=O)cc(Cl)c1OS(=O)(=O)c1ccc(C)cc1. The minimum atomic E-state index is -4.18. The Hall–Kier alpha value is -2.98. The Kier molecular flexibility index (Phi) is 7.65. The van der Waals surface area contributed by atoms with Gasteiger partial charge in [-0.25, -0.2) is 0 Å². The Labute approximate surface area is 222 Å². The minimum Gasteiger partial charge on any atom is -0.493 e. The number of nitrogens with zero attached hydrogens (tertiary/aromatic N) is 1. The molecule has 36 heavy (non-hydrogen) atoms. The van der Waals surface area contributed by atoms with Crippen LogP contribution in [0.3, 0.4) is 0 Å². The number of carbonyl (C=O) groups excluding carboxylic acids is 2. The zero-order valence-corrected chi connectivity index (χ0v) is 22.2. The molecule has 3 aromatic carbocycles. The van der Waals surface area contributed by atoms with Crippen LogP contribution in [0.4, 0.5) is 4.79 Å². The lowest BCUT2D eigenvalue weighted by atomic mass is 10.1. The fraction of sp³-hybridized carbons (Fsp3) is 0.120. The van der Waals surface area contributed by atoms with Crippen molar-refractivity contribution in [3.63, 3.8) is 0 Å². The number of hydrogen-bond donors (Lipinski definition) is 0. The highest BCUT2D eigenvalue weighted by molar-refractivity contribution is 8.18. The molecule has 0 unspecified atom stereocenters. The molecule has 0 atom stereocenters. The Morgan fingerprint density at radius 2 is 1.69 bits per heavy atom. The Morgan fingerprint density at radius 1 is 1.00 bits per heavy atom. The summed E-state index contributed by atoms with van der Waals surface area (Å²) in [5.41, 5.74) is 1.95. The van der Waals surface area contributed by atoms with Crippen LogP contribution in [0.25, 0.3) is 6.08 Å². The monoisotopic (exact) mass is 563 g/mol. The van der Waals surface area contributed by atoms with E-state index in [9.17, 15) is 18.0 Å². The van der Waals surface area contributed by atoms with Gasteiger partial charge in [0.05, 0.1) is 23.6 Å². The molecule has 3 aromatic rings. The molecule has 11 heteroatoms. The first-order valence-corrected chi connectivity index (χ1v) is 13.4. The molecule has 0 aliphatic carbocycles. The standard InChI is InChI=1S/C25H19Cl2NO6S2/c1-15-7-9-18(10-8-15)36(31,32)34-23-20(27)11-16(12-21(23)33-2)13-22-24(29)28(25(30)35-22)14-17-5-3-4-6-19(17)26/h3-13H,14H2,1-2H3/b22-13-. The van der Waals surface area contributed by atoms with Crippen molar-refractivity contribution >= 4 is 62.3 Å². The number of benzene rings is 3. The zero-order chi connectivity index (χ0) is 26.0. The average Bonchev–Trinajstić information content (AvgIpc) is 3.09. The minimum absolute atomic E-state index is 0.0371. The van der Waals surface area contributed by atoms with Crippen LogP contribution in [0.2, 0.25) is 10.0 Å². The van der Waals surface area contributed by atoms with Crippen LogP contribution in [0, 0.1) is 6.92 Å². The van der Waals surface area contributed by atoms with Gasteiger partial charge in [-0.15, -0.1) is 0 Å². The van der Waals surface area contributed by atoms with Gasteiger partial charge < -0.3 is 8.92 Å². The molecule has 0 N–H and O–H groups in total. The van der Waals surface area contributed by atoms with E-state index in [1.807, 2.05) is 6.92 Å². The van der Waals surface area contributed by atoms with Gasteiger partial charge in [0.1, 0.15) is 4.90 Å². The third-order valence-electron chi connectivity index (χ3n) is 5.21.